The van der Waals surface area contributed by atoms with E-state index in [9.17, 15) is 8.78 Å². The van der Waals surface area contributed by atoms with Crippen molar-refractivity contribution in [3.05, 3.63) is 29.8 Å². The number of hydrogen-bond donors (Lipinski definition) is 0. The zero-order valence-corrected chi connectivity index (χ0v) is 13.4. The maximum absolute atomic E-state index is 12.5. The summed E-state index contributed by atoms with van der Waals surface area (Å²) in [5, 5.41) is 8.77. The van der Waals surface area contributed by atoms with Crippen LogP contribution in [0.15, 0.2) is 24.3 Å². The van der Waals surface area contributed by atoms with Crippen LogP contribution in [0.5, 0.6) is 5.75 Å². The third-order valence-corrected chi connectivity index (χ3v) is 4.29. The summed E-state index contributed by atoms with van der Waals surface area (Å²) in [5.74, 6) is 0.741. The molecule has 0 radical (unpaired) electrons. The minimum Gasteiger partial charge on any atom is -0.492 e. The average Bonchev–Trinajstić information content (AvgIpc) is 2.54. The maximum atomic E-state index is 12.5. The summed E-state index contributed by atoms with van der Waals surface area (Å²) in [4.78, 5) is 4.07. The van der Waals surface area contributed by atoms with E-state index in [1.807, 2.05) is 0 Å². The van der Waals surface area contributed by atoms with Gasteiger partial charge in [-0.3, -0.25) is 9.80 Å². The molecule has 0 saturated carbocycles. The van der Waals surface area contributed by atoms with E-state index in [1.165, 1.54) is 0 Å². The number of fused-ring (bicyclic) bond motifs is 2. The second-order valence-corrected chi connectivity index (χ2v) is 6.23. The van der Waals surface area contributed by atoms with Crippen molar-refractivity contribution in [3.8, 4) is 11.8 Å². The molecule has 0 aliphatic carbocycles. The second kappa shape index (κ2) is 7.88. The van der Waals surface area contributed by atoms with Crippen molar-refractivity contribution < 1.29 is 18.3 Å². The third-order valence-electron chi connectivity index (χ3n) is 4.29. The summed E-state index contributed by atoms with van der Waals surface area (Å²) < 4.78 is 36.6. The van der Waals surface area contributed by atoms with Gasteiger partial charge in [-0.15, -0.1) is 0 Å². The molecule has 2 aliphatic heterocycles. The minimum atomic E-state index is -2.29. The first-order valence-corrected chi connectivity index (χ1v) is 8.13. The summed E-state index contributed by atoms with van der Waals surface area (Å²) in [6, 6.07) is 9.10. The largest absolute Gasteiger partial charge is 0.492 e. The predicted molar refractivity (Wildman–Crippen MR) is 84.2 cm³/mol. The molecule has 7 heteroatoms. The molecule has 0 N–H and O–H groups in total. The van der Waals surface area contributed by atoms with E-state index in [1.54, 1.807) is 29.2 Å². The number of nitriles is 1. The van der Waals surface area contributed by atoms with Gasteiger partial charge in [0.15, 0.2) is 0 Å². The van der Waals surface area contributed by atoms with Gasteiger partial charge in [0.25, 0.3) is 6.43 Å². The molecule has 1 aromatic carbocycles. The fraction of sp³-hybridized carbons (Fsp3) is 0.588. The highest BCUT2D eigenvalue weighted by Gasteiger charge is 2.35. The zero-order chi connectivity index (χ0) is 16.9. The summed E-state index contributed by atoms with van der Waals surface area (Å²) in [5.41, 5.74) is 0.608. The molecule has 0 spiro atoms. The Bertz CT molecular complexity index is 562. The molecule has 2 bridgehead atoms. The van der Waals surface area contributed by atoms with Gasteiger partial charge in [-0.2, -0.15) is 5.26 Å². The molecule has 0 amide bonds. The Hall–Kier alpha value is -1.75. The molecule has 2 atom stereocenters. The van der Waals surface area contributed by atoms with Gasteiger partial charge in [0, 0.05) is 32.7 Å². The summed E-state index contributed by atoms with van der Waals surface area (Å²) in [6.45, 7) is 3.76. The van der Waals surface area contributed by atoms with Crippen molar-refractivity contribution >= 4 is 0 Å². The van der Waals surface area contributed by atoms with E-state index in [4.69, 9.17) is 14.7 Å². The fourth-order valence-electron chi connectivity index (χ4n) is 3.31. The van der Waals surface area contributed by atoms with Crippen LogP contribution in [-0.4, -0.2) is 74.3 Å². The molecular formula is C17H21F2N3O2. The molecule has 24 heavy (non-hydrogen) atoms. The Balaban J connectivity index is 1.42. The van der Waals surface area contributed by atoms with Crippen LogP contribution >= 0.6 is 0 Å². The highest BCUT2D eigenvalue weighted by molar-refractivity contribution is 5.34. The van der Waals surface area contributed by atoms with Crippen LogP contribution in [0.25, 0.3) is 0 Å². The monoisotopic (exact) mass is 337 g/mol. The van der Waals surface area contributed by atoms with Crippen LogP contribution in [0.4, 0.5) is 8.78 Å². The first kappa shape index (κ1) is 17.1. The molecule has 3 rings (SSSR count). The van der Waals surface area contributed by atoms with E-state index < -0.39 is 6.43 Å². The lowest BCUT2D eigenvalue weighted by Gasteiger charge is -2.45. The number of nitrogens with zero attached hydrogens (tertiary/aromatic N) is 3. The molecule has 2 heterocycles. The van der Waals surface area contributed by atoms with Gasteiger partial charge < -0.3 is 9.47 Å². The van der Waals surface area contributed by atoms with Crippen LogP contribution in [0.3, 0.4) is 0 Å². The van der Waals surface area contributed by atoms with E-state index >= 15 is 0 Å². The van der Waals surface area contributed by atoms with Gasteiger partial charge >= 0.3 is 0 Å². The van der Waals surface area contributed by atoms with E-state index in [0.29, 0.717) is 25.3 Å². The smallest absolute Gasteiger partial charge is 0.251 e. The Morgan fingerprint density at radius 2 is 1.75 bits per heavy atom. The van der Waals surface area contributed by atoms with E-state index in [0.717, 1.165) is 25.4 Å². The van der Waals surface area contributed by atoms with E-state index in [-0.39, 0.29) is 18.8 Å². The molecule has 2 aliphatic rings. The lowest BCUT2D eigenvalue weighted by atomic mass is 10.1. The van der Waals surface area contributed by atoms with E-state index in [2.05, 4.69) is 11.0 Å². The topological polar surface area (TPSA) is 48.7 Å². The second-order valence-electron chi connectivity index (χ2n) is 6.23. The fourth-order valence-corrected chi connectivity index (χ4v) is 3.31. The molecule has 2 saturated heterocycles. The molecule has 0 aromatic heterocycles. The van der Waals surface area contributed by atoms with Gasteiger partial charge in [-0.25, -0.2) is 8.78 Å². The maximum Gasteiger partial charge on any atom is 0.251 e. The molecule has 1 aromatic rings. The predicted octanol–water partition coefficient (Wildman–Crippen LogP) is 1.59. The number of benzene rings is 1. The third kappa shape index (κ3) is 4.63. The van der Waals surface area contributed by atoms with Crippen molar-refractivity contribution in [2.75, 3.05) is 45.9 Å². The number of morpholine rings is 2. The number of halogens is 2. The van der Waals surface area contributed by atoms with Crippen LogP contribution in [0.1, 0.15) is 5.56 Å². The highest BCUT2D eigenvalue weighted by atomic mass is 19.3. The Kier molecular flexibility index (Phi) is 5.61. The van der Waals surface area contributed by atoms with Crippen LogP contribution in [0, 0.1) is 11.3 Å². The van der Waals surface area contributed by atoms with Gasteiger partial charge in [0.2, 0.25) is 0 Å². The van der Waals surface area contributed by atoms with Crippen molar-refractivity contribution in [1.29, 1.82) is 5.26 Å². The molecular weight excluding hydrogens is 316 g/mol. The summed E-state index contributed by atoms with van der Waals surface area (Å²) in [7, 11) is 0. The number of ether oxygens (including phenoxy) is 2. The van der Waals surface area contributed by atoms with Crippen LogP contribution < -0.4 is 4.74 Å². The molecule has 130 valence electrons. The number of alkyl halides is 2. The first-order valence-electron chi connectivity index (χ1n) is 8.13. The van der Waals surface area contributed by atoms with Gasteiger partial charge in [-0.05, 0) is 24.3 Å². The van der Waals surface area contributed by atoms with Crippen molar-refractivity contribution in [2.24, 2.45) is 0 Å². The molecule has 5 nitrogen and oxygen atoms in total. The Morgan fingerprint density at radius 3 is 2.33 bits per heavy atom. The minimum absolute atomic E-state index is 0.00818. The van der Waals surface area contributed by atoms with Gasteiger partial charge in [0.05, 0.1) is 30.4 Å². The van der Waals surface area contributed by atoms with Crippen molar-refractivity contribution in [3.63, 3.8) is 0 Å². The number of hydrogen-bond acceptors (Lipinski definition) is 5. The van der Waals surface area contributed by atoms with Crippen molar-refractivity contribution in [2.45, 2.75) is 18.6 Å². The Morgan fingerprint density at radius 1 is 1.12 bits per heavy atom. The highest BCUT2D eigenvalue weighted by Crippen LogP contribution is 2.20. The standard InChI is InChI=1S/C17H21F2N3O2/c18-17(19)12-22-10-15-8-21(9-16(11-22)24-15)5-6-23-14-3-1-13(7-20)2-4-14/h1-4,15-17H,5-6,8-12H2. The average molecular weight is 337 g/mol. The SMILES string of the molecule is N#Cc1ccc(OCCN2CC3CN(CC(F)F)CC(C2)O3)cc1. The zero-order valence-electron chi connectivity index (χ0n) is 13.4. The lowest BCUT2D eigenvalue weighted by Crippen LogP contribution is -2.60. The first-order chi connectivity index (χ1) is 11.6. The van der Waals surface area contributed by atoms with Crippen molar-refractivity contribution in [1.82, 2.24) is 9.80 Å². The quantitative estimate of drug-likeness (QED) is 0.789. The van der Waals surface area contributed by atoms with Gasteiger partial charge in [0.1, 0.15) is 12.4 Å². The Labute approximate surface area is 140 Å². The summed E-state index contributed by atoms with van der Waals surface area (Å²) >= 11 is 0. The normalized spacial score (nSPS) is 24.8. The molecule has 2 fully saturated rings. The molecule has 2 unspecified atom stereocenters. The number of rotatable bonds is 6. The van der Waals surface area contributed by atoms with Crippen LogP contribution in [-0.2, 0) is 4.74 Å². The van der Waals surface area contributed by atoms with Gasteiger partial charge in [-0.1, -0.05) is 0 Å². The lowest BCUT2D eigenvalue weighted by molar-refractivity contribution is -0.144. The van der Waals surface area contributed by atoms with Crippen LogP contribution in [0.2, 0.25) is 0 Å². The summed E-state index contributed by atoms with van der Waals surface area (Å²) in [6.07, 6.45) is -2.31.